The maximum atomic E-state index is 13.6. The number of ether oxygens (including phenoxy) is 1. The summed E-state index contributed by atoms with van der Waals surface area (Å²) in [6.07, 6.45) is -2.68. The fraction of sp³-hybridized carbons (Fsp3) is 0.300. The standard InChI is InChI=1S/C20H16BrF4N3O4S/c21-10-5-9(1-2-11(10)22)33-20-19(31)17(18(30)15(7-29)32-20)28-6-14(26-27-28)8-3-12(23)16(25)13(24)4-8/h1-6,15,17-20,29-31H,7H2/t15?,17-,18-,19?,20+/m0/s1. The Bertz CT molecular complexity index is 1150. The van der Waals surface area contributed by atoms with Crippen LogP contribution in [0.1, 0.15) is 6.04 Å². The Hall–Kier alpha value is -2.03. The van der Waals surface area contributed by atoms with Gasteiger partial charge in [0.2, 0.25) is 0 Å². The lowest BCUT2D eigenvalue weighted by Crippen LogP contribution is -2.55. The summed E-state index contributed by atoms with van der Waals surface area (Å²) in [7, 11) is 0. The number of hydrogen-bond acceptors (Lipinski definition) is 7. The monoisotopic (exact) mass is 549 g/mol. The topological polar surface area (TPSA) is 101 Å². The molecule has 0 bridgehead atoms. The molecule has 0 amide bonds. The quantitative estimate of drug-likeness (QED) is 0.332. The second-order valence-corrected chi connectivity index (χ2v) is 9.25. The van der Waals surface area contributed by atoms with E-state index in [0.717, 1.165) is 28.6 Å². The molecule has 176 valence electrons. The van der Waals surface area contributed by atoms with E-state index < -0.39 is 59.7 Å². The average molecular weight is 550 g/mol. The Morgan fingerprint density at radius 2 is 1.73 bits per heavy atom. The van der Waals surface area contributed by atoms with Crippen molar-refractivity contribution in [3.05, 3.63) is 64.3 Å². The number of rotatable bonds is 5. The summed E-state index contributed by atoms with van der Waals surface area (Å²) in [5.74, 6) is -4.92. The molecule has 1 aliphatic heterocycles. The number of benzene rings is 2. The Labute approximate surface area is 197 Å². The Morgan fingerprint density at radius 1 is 1.03 bits per heavy atom. The van der Waals surface area contributed by atoms with Gasteiger partial charge in [-0.2, -0.15) is 0 Å². The van der Waals surface area contributed by atoms with E-state index in [0.29, 0.717) is 4.90 Å². The van der Waals surface area contributed by atoms with Crippen molar-refractivity contribution in [2.24, 2.45) is 0 Å². The van der Waals surface area contributed by atoms with Gasteiger partial charge in [-0.3, -0.25) is 0 Å². The van der Waals surface area contributed by atoms with Crippen molar-refractivity contribution in [1.82, 2.24) is 15.0 Å². The van der Waals surface area contributed by atoms with Gasteiger partial charge in [-0.1, -0.05) is 17.0 Å². The van der Waals surface area contributed by atoms with Gasteiger partial charge >= 0.3 is 0 Å². The van der Waals surface area contributed by atoms with Gasteiger partial charge < -0.3 is 20.1 Å². The minimum Gasteiger partial charge on any atom is -0.394 e. The summed E-state index contributed by atoms with van der Waals surface area (Å²) in [6.45, 7) is -0.579. The third-order valence-electron chi connectivity index (χ3n) is 5.09. The van der Waals surface area contributed by atoms with Gasteiger partial charge in [0.15, 0.2) is 17.5 Å². The van der Waals surface area contributed by atoms with E-state index in [2.05, 4.69) is 26.2 Å². The lowest BCUT2D eigenvalue weighted by molar-refractivity contribution is -0.178. The maximum Gasteiger partial charge on any atom is 0.194 e. The highest BCUT2D eigenvalue weighted by molar-refractivity contribution is 9.10. The maximum absolute atomic E-state index is 13.6. The van der Waals surface area contributed by atoms with Crippen LogP contribution in [-0.2, 0) is 4.74 Å². The van der Waals surface area contributed by atoms with Crippen LogP contribution in [0.5, 0.6) is 0 Å². The lowest BCUT2D eigenvalue weighted by atomic mass is 9.97. The van der Waals surface area contributed by atoms with Crippen molar-refractivity contribution in [3.63, 3.8) is 0 Å². The highest BCUT2D eigenvalue weighted by Gasteiger charge is 2.46. The molecule has 2 aromatic carbocycles. The molecule has 0 aliphatic carbocycles. The summed E-state index contributed by atoms with van der Waals surface area (Å²) >= 11 is 4.11. The van der Waals surface area contributed by atoms with E-state index in [4.69, 9.17) is 4.74 Å². The molecule has 0 radical (unpaired) electrons. The molecule has 2 heterocycles. The molecule has 33 heavy (non-hydrogen) atoms. The molecular formula is C20H16BrF4N3O4S. The first-order chi connectivity index (χ1) is 15.7. The minimum atomic E-state index is -1.63. The van der Waals surface area contributed by atoms with Gasteiger partial charge in [0.05, 0.1) is 17.3 Å². The minimum absolute atomic E-state index is 0.0362. The third-order valence-corrected chi connectivity index (χ3v) is 6.84. The van der Waals surface area contributed by atoms with Gasteiger partial charge in [0, 0.05) is 10.5 Å². The second-order valence-electron chi connectivity index (χ2n) is 7.23. The molecule has 2 unspecified atom stereocenters. The average Bonchev–Trinajstić information content (AvgIpc) is 3.26. The van der Waals surface area contributed by atoms with Crippen LogP contribution in [0, 0.1) is 23.3 Å². The van der Waals surface area contributed by atoms with Crippen molar-refractivity contribution in [1.29, 1.82) is 0 Å². The Morgan fingerprint density at radius 3 is 2.36 bits per heavy atom. The molecule has 5 atom stereocenters. The van der Waals surface area contributed by atoms with E-state index in [9.17, 15) is 32.9 Å². The molecule has 0 saturated carbocycles. The number of hydrogen-bond donors (Lipinski definition) is 3. The van der Waals surface area contributed by atoms with Crippen molar-refractivity contribution >= 4 is 27.7 Å². The van der Waals surface area contributed by atoms with Crippen LogP contribution >= 0.6 is 27.7 Å². The largest absolute Gasteiger partial charge is 0.394 e. The molecule has 7 nitrogen and oxygen atoms in total. The highest BCUT2D eigenvalue weighted by Crippen LogP contribution is 2.39. The first-order valence-corrected chi connectivity index (χ1v) is 11.2. The van der Waals surface area contributed by atoms with E-state index in [-0.39, 0.29) is 15.7 Å². The van der Waals surface area contributed by atoms with E-state index in [1.807, 2.05) is 0 Å². The van der Waals surface area contributed by atoms with E-state index >= 15 is 0 Å². The smallest absolute Gasteiger partial charge is 0.194 e. The van der Waals surface area contributed by atoms with Gasteiger partial charge in [0.1, 0.15) is 41.3 Å². The van der Waals surface area contributed by atoms with Crippen LogP contribution in [0.2, 0.25) is 0 Å². The van der Waals surface area contributed by atoms with Gasteiger partial charge in [-0.25, -0.2) is 22.2 Å². The van der Waals surface area contributed by atoms with Gasteiger partial charge in [-0.05, 0) is 46.3 Å². The van der Waals surface area contributed by atoms with Crippen molar-refractivity contribution in [2.75, 3.05) is 6.61 Å². The third kappa shape index (κ3) is 4.79. The molecule has 0 spiro atoms. The predicted octanol–water partition coefficient (Wildman–Crippen LogP) is 3.04. The fourth-order valence-electron chi connectivity index (χ4n) is 3.42. The van der Waals surface area contributed by atoms with Gasteiger partial charge in [-0.15, -0.1) is 5.10 Å². The summed E-state index contributed by atoms with van der Waals surface area (Å²) in [5.41, 5.74) is -1.14. The first kappa shape index (κ1) is 24.1. The zero-order valence-electron chi connectivity index (χ0n) is 16.4. The molecule has 13 heteroatoms. The Kier molecular flexibility index (Phi) is 7.07. The van der Waals surface area contributed by atoms with Crippen LogP contribution in [0.3, 0.4) is 0 Å². The molecule has 1 fully saturated rings. The molecule has 1 aromatic heterocycles. The van der Waals surface area contributed by atoms with E-state index in [1.54, 1.807) is 0 Å². The molecule has 4 rings (SSSR count). The van der Waals surface area contributed by atoms with Crippen molar-refractivity contribution < 1.29 is 37.6 Å². The van der Waals surface area contributed by atoms with Crippen LogP contribution in [0.25, 0.3) is 11.3 Å². The fourth-order valence-corrected chi connectivity index (χ4v) is 5.05. The summed E-state index contributed by atoms with van der Waals surface area (Å²) in [6, 6.07) is 4.50. The number of aliphatic hydroxyl groups excluding tert-OH is 3. The zero-order chi connectivity index (χ0) is 23.9. The molecule has 1 aliphatic rings. The molecule has 3 aromatic rings. The van der Waals surface area contributed by atoms with E-state index in [1.165, 1.54) is 24.4 Å². The Balaban J connectivity index is 1.63. The number of nitrogens with zero attached hydrogens (tertiary/aromatic N) is 3. The van der Waals surface area contributed by atoms with Crippen molar-refractivity contribution in [2.45, 2.75) is 34.7 Å². The summed E-state index contributed by atoms with van der Waals surface area (Å²) in [5, 5.41) is 38.9. The van der Waals surface area contributed by atoms with Crippen LogP contribution in [0.4, 0.5) is 17.6 Å². The lowest BCUT2D eigenvalue weighted by Gasteiger charge is -2.41. The second kappa shape index (κ2) is 9.68. The number of aliphatic hydroxyl groups is 3. The zero-order valence-corrected chi connectivity index (χ0v) is 18.9. The molecular weight excluding hydrogens is 534 g/mol. The highest BCUT2D eigenvalue weighted by atomic mass is 79.9. The van der Waals surface area contributed by atoms with Crippen LogP contribution < -0.4 is 0 Å². The summed E-state index contributed by atoms with van der Waals surface area (Å²) in [4.78, 5) is 0.538. The SMILES string of the molecule is OCC1O[C@H](Sc2ccc(F)c(Br)c2)C(O)[C@@H](n2cc(-c3cc(F)c(F)c(F)c3)nn2)[C@H]1O. The summed E-state index contributed by atoms with van der Waals surface area (Å²) < 4.78 is 60.9. The van der Waals surface area contributed by atoms with Gasteiger partial charge in [0.25, 0.3) is 0 Å². The van der Waals surface area contributed by atoms with Crippen LogP contribution in [-0.4, -0.2) is 60.7 Å². The number of aromatic nitrogens is 3. The number of thioether (sulfide) groups is 1. The molecule has 3 N–H and O–H groups in total. The van der Waals surface area contributed by atoms with Crippen LogP contribution in [0.15, 0.2) is 45.9 Å². The predicted molar refractivity (Wildman–Crippen MR) is 112 cm³/mol. The van der Waals surface area contributed by atoms with Crippen molar-refractivity contribution in [3.8, 4) is 11.3 Å². The normalized spacial score (nSPS) is 25.4. The first-order valence-electron chi connectivity index (χ1n) is 9.50. The molecule has 1 saturated heterocycles. The number of halogens is 5.